The number of amides is 1. The van der Waals surface area contributed by atoms with E-state index in [0.717, 1.165) is 16.3 Å². The van der Waals surface area contributed by atoms with E-state index in [0.29, 0.717) is 6.54 Å². The fraction of sp³-hybridized carbons (Fsp3) is 0.333. The molecule has 2 atom stereocenters. The van der Waals surface area contributed by atoms with Crippen LogP contribution in [0.4, 0.5) is 0 Å². The van der Waals surface area contributed by atoms with Gasteiger partial charge in [0.1, 0.15) is 0 Å². The molecule has 0 bridgehead atoms. The molecule has 1 amide bonds. The average Bonchev–Trinajstić information content (AvgIpc) is 2.54. The van der Waals surface area contributed by atoms with E-state index in [9.17, 15) is 9.59 Å². The predicted molar refractivity (Wildman–Crippen MR) is 86.2 cm³/mol. The van der Waals surface area contributed by atoms with Gasteiger partial charge in [-0.25, -0.2) is 4.79 Å². The van der Waals surface area contributed by atoms with Crippen molar-refractivity contribution in [3.05, 3.63) is 48.0 Å². The summed E-state index contributed by atoms with van der Waals surface area (Å²) in [4.78, 5) is 25.3. The van der Waals surface area contributed by atoms with Crippen LogP contribution in [0.1, 0.15) is 12.5 Å². The number of nitrogens with zero attached hydrogens (tertiary/aromatic N) is 1. The normalized spacial score (nSPS) is 21.3. The Labute approximate surface area is 134 Å². The molecule has 1 unspecified atom stereocenters. The largest absolute Gasteiger partial charge is 0.479 e. The van der Waals surface area contributed by atoms with Gasteiger partial charge in [-0.3, -0.25) is 4.79 Å². The fourth-order valence-corrected chi connectivity index (χ4v) is 3.01. The lowest BCUT2D eigenvalue weighted by molar-refractivity contribution is -0.166. The number of benzene rings is 2. The number of rotatable bonds is 3. The molecule has 0 spiro atoms. The quantitative estimate of drug-likeness (QED) is 0.942. The maximum atomic E-state index is 12.6. The van der Waals surface area contributed by atoms with Gasteiger partial charge in [-0.05, 0) is 23.3 Å². The van der Waals surface area contributed by atoms with Crippen molar-refractivity contribution in [2.24, 2.45) is 0 Å². The van der Waals surface area contributed by atoms with Crippen molar-refractivity contribution in [3.8, 4) is 0 Å². The summed E-state index contributed by atoms with van der Waals surface area (Å²) in [5.41, 5.74) is 0.958. The summed E-state index contributed by atoms with van der Waals surface area (Å²) in [5.74, 6) is -1.10. The van der Waals surface area contributed by atoms with Gasteiger partial charge >= 0.3 is 5.97 Å². The average molecular weight is 313 g/mol. The van der Waals surface area contributed by atoms with Crippen LogP contribution in [0, 0.1) is 0 Å². The highest BCUT2D eigenvalue weighted by atomic mass is 16.5. The van der Waals surface area contributed by atoms with E-state index in [1.165, 1.54) is 0 Å². The molecule has 1 fully saturated rings. The van der Waals surface area contributed by atoms with Crippen LogP contribution in [-0.2, 0) is 20.7 Å². The smallest absolute Gasteiger partial charge is 0.334 e. The molecular weight excluding hydrogens is 294 g/mol. The topological polar surface area (TPSA) is 66.8 Å². The minimum absolute atomic E-state index is 0.0669. The molecular formula is C18H19NO4. The van der Waals surface area contributed by atoms with Gasteiger partial charge in [0, 0.05) is 6.54 Å². The summed E-state index contributed by atoms with van der Waals surface area (Å²) in [6, 6.07) is 13.8. The second-order valence-corrected chi connectivity index (χ2v) is 5.89. The Morgan fingerprint density at radius 3 is 2.70 bits per heavy atom. The molecule has 5 heteroatoms. The molecule has 1 aliphatic rings. The van der Waals surface area contributed by atoms with Crippen LogP contribution in [0.2, 0.25) is 0 Å². The standard InChI is InChI=1S/C18H19NO4/c1-12-10-19(11-16(23-12)18(21)22)17(20)9-14-7-4-6-13-5-2-3-8-15(13)14/h2-8,12,16H,9-11H2,1H3,(H,21,22)/t12-,16?/m1/s1. The zero-order valence-electron chi connectivity index (χ0n) is 12.9. The molecule has 0 radical (unpaired) electrons. The first-order valence-electron chi connectivity index (χ1n) is 7.67. The Hall–Kier alpha value is -2.40. The molecule has 120 valence electrons. The number of aliphatic carboxylic acids is 1. The van der Waals surface area contributed by atoms with Gasteiger partial charge in [0.2, 0.25) is 5.91 Å². The van der Waals surface area contributed by atoms with Gasteiger partial charge in [0.15, 0.2) is 6.10 Å². The highest BCUT2D eigenvalue weighted by Gasteiger charge is 2.32. The van der Waals surface area contributed by atoms with E-state index >= 15 is 0 Å². The first-order valence-corrected chi connectivity index (χ1v) is 7.67. The van der Waals surface area contributed by atoms with Gasteiger partial charge < -0.3 is 14.7 Å². The summed E-state index contributed by atoms with van der Waals surface area (Å²) >= 11 is 0. The van der Waals surface area contributed by atoms with E-state index in [-0.39, 0.29) is 25.0 Å². The molecule has 0 aromatic heterocycles. The molecule has 2 aromatic rings. The Morgan fingerprint density at radius 1 is 1.17 bits per heavy atom. The number of morpholine rings is 1. The van der Waals surface area contributed by atoms with Crippen molar-refractivity contribution >= 4 is 22.6 Å². The van der Waals surface area contributed by atoms with E-state index in [1.807, 2.05) is 42.5 Å². The summed E-state index contributed by atoms with van der Waals surface area (Å²) in [5, 5.41) is 11.3. The zero-order valence-corrected chi connectivity index (χ0v) is 12.9. The Kier molecular flexibility index (Phi) is 4.30. The third-order valence-electron chi connectivity index (χ3n) is 4.11. The lowest BCUT2D eigenvalue weighted by Crippen LogP contribution is -2.52. The summed E-state index contributed by atoms with van der Waals surface area (Å²) in [6.45, 7) is 2.31. The van der Waals surface area contributed by atoms with E-state index in [4.69, 9.17) is 9.84 Å². The number of ether oxygens (including phenoxy) is 1. The number of carbonyl (C=O) groups is 2. The van der Waals surface area contributed by atoms with Crippen molar-refractivity contribution in [1.82, 2.24) is 4.90 Å². The van der Waals surface area contributed by atoms with Crippen molar-refractivity contribution in [2.45, 2.75) is 25.6 Å². The number of carbonyl (C=O) groups excluding carboxylic acids is 1. The summed E-state index contributed by atoms with van der Waals surface area (Å²) < 4.78 is 5.36. The number of carboxylic acids is 1. The molecule has 5 nitrogen and oxygen atoms in total. The maximum absolute atomic E-state index is 12.6. The van der Waals surface area contributed by atoms with E-state index in [1.54, 1.807) is 11.8 Å². The SMILES string of the molecule is C[C@@H]1CN(C(=O)Cc2cccc3ccccc23)CC(C(=O)O)O1. The molecule has 1 aliphatic heterocycles. The van der Waals surface area contributed by atoms with Crippen LogP contribution >= 0.6 is 0 Å². The minimum Gasteiger partial charge on any atom is -0.479 e. The summed E-state index contributed by atoms with van der Waals surface area (Å²) in [7, 11) is 0. The monoisotopic (exact) mass is 313 g/mol. The van der Waals surface area contributed by atoms with Gasteiger partial charge in [-0.1, -0.05) is 42.5 Å². The molecule has 1 heterocycles. The number of hydrogen-bond donors (Lipinski definition) is 1. The lowest BCUT2D eigenvalue weighted by atomic mass is 10.0. The van der Waals surface area contributed by atoms with E-state index < -0.39 is 12.1 Å². The third kappa shape index (κ3) is 3.35. The van der Waals surface area contributed by atoms with Crippen LogP contribution in [0.25, 0.3) is 10.8 Å². The zero-order chi connectivity index (χ0) is 16.4. The molecule has 0 aliphatic carbocycles. The molecule has 0 saturated carbocycles. The second kappa shape index (κ2) is 6.38. The highest BCUT2D eigenvalue weighted by molar-refractivity contribution is 5.90. The van der Waals surface area contributed by atoms with Gasteiger partial charge in [-0.15, -0.1) is 0 Å². The van der Waals surface area contributed by atoms with Crippen LogP contribution < -0.4 is 0 Å². The number of carboxylic acid groups (broad SMARTS) is 1. The molecule has 1 saturated heterocycles. The molecule has 3 rings (SSSR count). The number of fused-ring (bicyclic) bond motifs is 1. The maximum Gasteiger partial charge on any atom is 0.334 e. The van der Waals surface area contributed by atoms with E-state index in [2.05, 4.69) is 0 Å². The van der Waals surface area contributed by atoms with Crippen LogP contribution in [0.3, 0.4) is 0 Å². The molecule has 2 aromatic carbocycles. The van der Waals surface area contributed by atoms with Crippen molar-refractivity contribution in [3.63, 3.8) is 0 Å². The third-order valence-corrected chi connectivity index (χ3v) is 4.11. The Bertz CT molecular complexity index is 737. The Morgan fingerprint density at radius 2 is 1.91 bits per heavy atom. The van der Waals surface area contributed by atoms with Crippen LogP contribution in [-0.4, -0.2) is 47.2 Å². The minimum atomic E-state index is -1.03. The summed E-state index contributed by atoms with van der Waals surface area (Å²) in [6.07, 6.45) is -0.961. The lowest BCUT2D eigenvalue weighted by Gasteiger charge is -2.35. The van der Waals surface area contributed by atoms with Crippen LogP contribution in [0.5, 0.6) is 0 Å². The fourth-order valence-electron chi connectivity index (χ4n) is 3.01. The highest BCUT2D eigenvalue weighted by Crippen LogP contribution is 2.20. The predicted octanol–water partition coefficient (Wildman–Crippen LogP) is 2.08. The van der Waals surface area contributed by atoms with Gasteiger partial charge in [0.25, 0.3) is 0 Å². The van der Waals surface area contributed by atoms with Crippen molar-refractivity contribution in [1.29, 1.82) is 0 Å². The first-order chi connectivity index (χ1) is 11.0. The van der Waals surface area contributed by atoms with Crippen molar-refractivity contribution in [2.75, 3.05) is 13.1 Å². The van der Waals surface area contributed by atoms with Crippen molar-refractivity contribution < 1.29 is 19.4 Å². The Balaban J connectivity index is 1.79. The second-order valence-electron chi connectivity index (χ2n) is 5.89. The number of hydrogen-bond acceptors (Lipinski definition) is 3. The van der Waals surface area contributed by atoms with Crippen LogP contribution in [0.15, 0.2) is 42.5 Å². The van der Waals surface area contributed by atoms with Gasteiger partial charge in [-0.2, -0.15) is 0 Å². The molecule has 1 N–H and O–H groups in total. The van der Waals surface area contributed by atoms with Gasteiger partial charge in [0.05, 0.1) is 19.1 Å². The first kappa shape index (κ1) is 15.5. The molecule has 23 heavy (non-hydrogen) atoms.